The average Bonchev–Trinajstić information content (AvgIpc) is 3.32. The van der Waals surface area contributed by atoms with E-state index in [-0.39, 0.29) is 23.5 Å². The number of hydrogen-bond donors (Lipinski definition) is 1. The summed E-state index contributed by atoms with van der Waals surface area (Å²) in [4.78, 5) is 20.1. The molecule has 190 valence electrons. The van der Waals surface area contributed by atoms with Gasteiger partial charge in [0, 0.05) is 27.9 Å². The molecule has 0 aliphatic carbocycles. The van der Waals surface area contributed by atoms with Crippen LogP contribution in [0.5, 0.6) is 11.5 Å². The van der Waals surface area contributed by atoms with Gasteiger partial charge in [0.25, 0.3) is 0 Å². The van der Waals surface area contributed by atoms with Crippen LogP contribution in [0.15, 0.2) is 51.5 Å². The maximum atomic E-state index is 13.2. The number of benzene rings is 2. The number of piperidine rings is 1. The molecule has 0 bridgehead atoms. The predicted octanol–water partition coefficient (Wildman–Crippen LogP) is 5.14. The van der Waals surface area contributed by atoms with Gasteiger partial charge >= 0.3 is 0 Å². The molecule has 1 fully saturated rings. The Morgan fingerprint density at radius 2 is 2.03 bits per heavy atom. The summed E-state index contributed by atoms with van der Waals surface area (Å²) in [5.41, 5.74) is 1.52. The Labute approximate surface area is 219 Å². The topological polar surface area (TPSA) is 89.7 Å². The molecule has 0 radical (unpaired) electrons. The van der Waals surface area contributed by atoms with Crippen LogP contribution in [0, 0.1) is 5.92 Å². The number of ether oxygens (including phenoxy) is 2. The zero-order chi connectivity index (χ0) is 25.3. The largest absolute Gasteiger partial charge is 0.497 e. The molecule has 2 aromatic carbocycles. The van der Waals surface area contributed by atoms with Crippen LogP contribution in [0.3, 0.4) is 0 Å². The second-order valence-electron chi connectivity index (χ2n) is 10.1. The van der Waals surface area contributed by atoms with E-state index < -0.39 is 0 Å². The predicted molar refractivity (Wildman–Crippen MR) is 139 cm³/mol. The van der Waals surface area contributed by atoms with Gasteiger partial charge in [0.15, 0.2) is 0 Å². The number of carbonyl (C=O) groups excluding carboxylic acids is 1. The zero-order valence-electron chi connectivity index (χ0n) is 20.8. The summed E-state index contributed by atoms with van der Waals surface area (Å²) in [6.45, 7) is 6.29. The number of hydrogen-bond acceptors (Lipinski definition) is 7. The van der Waals surface area contributed by atoms with Crippen molar-refractivity contribution in [1.82, 2.24) is 20.4 Å². The Bertz CT molecular complexity index is 1240. The molecule has 36 heavy (non-hydrogen) atoms. The van der Waals surface area contributed by atoms with Crippen LogP contribution in [-0.4, -0.2) is 46.7 Å². The highest BCUT2D eigenvalue weighted by atomic mass is 79.9. The van der Waals surface area contributed by atoms with E-state index in [1.54, 1.807) is 7.11 Å². The summed E-state index contributed by atoms with van der Waals surface area (Å²) >= 11 is 3.48. The molecular weight excluding hydrogens is 524 g/mol. The Balaban J connectivity index is 1.18. The molecule has 2 aliphatic rings. The first kappa shape index (κ1) is 24.8. The van der Waals surface area contributed by atoms with Gasteiger partial charge in [0.05, 0.1) is 19.7 Å². The van der Waals surface area contributed by atoms with E-state index in [1.165, 1.54) is 0 Å². The lowest BCUT2D eigenvalue weighted by molar-refractivity contribution is -0.127. The highest BCUT2D eigenvalue weighted by molar-refractivity contribution is 9.10. The summed E-state index contributed by atoms with van der Waals surface area (Å²) in [6.07, 6.45) is 2.28. The minimum Gasteiger partial charge on any atom is -0.497 e. The molecule has 1 saturated heterocycles. The van der Waals surface area contributed by atoms with Crippen LogP contribution in [0.4, 0.5) is 0 Å². The molecule has 3 heterocycles. The number of rotatable bonds is 6. The number of carbonyl (C=O) groups is 1. The molecule has 1 N–H and O–H groups in total. The summed E-state index contributed by atoms with van der Waals surface area (Å²) in [7, 11) is 1.65. The Hall–Kier alpha value is -2.91. The number of amides is 1. The number of fused-ring (bicyclic) bond motifs is 1. The molecule has 1 atom stereocenters. The van der Waals surface area contributed by atoms with Gasteiger partial charge in [0.1, 0.15) is 17.1 Å². The van der Waals surface area contributed by atoms with Gasteiger partial charge in [0.2, 0.25) is 17.6 Å². The summed E-state index contributed by atoms with van der Waals surface area (Å²) in [5.74, 6) is 2.80. The first-order chi connectivity index (χ1) is 17.3. The van der Waals surface area contributed by atoms with E-state index in [9.17, 15) is 4.79 Å². The number of halogens is 1. The monoisotopic (exact) mass is 554 g/mol. The van der Waals surface area contributed by atoms with Crippen molar-refractivity contribution in [2.75, 3.05) is 20.2 Å². The minimum absolute atomic E-state index is 0.0267. The van der Waals surface area contributed by atoms with E-state index >= 15 is 0 Å². The van der Waals surface area contributed by atoms with E-state index in [1.807, 2.05) is 42.5 Å². The van der Waals surface area contributed by atoms with E-state index in [0.717, 1.165) is 53.0 Å². The third-order valence-corrected chi connectivity index (χ3v) is 7.35. The summed E-state index contributed by atoms with van der Waals surface area (Å²) < 4.78 is 18.0. The lowest BCUT2D eigenvalue weighted by atomic mass is 9.88. The lowest BCUT2D eigenvalue weighted by Crippen LogP contribution is -2.45. The van der Waals surface area contributed by atoms with Crippen molar-refractivity contribution in [2.24, 2.45) is 5.92 Å². The van der Waals surface area contributed by atoms with Crippen LogP contribution in [0.25, 0.3) is 11.4 Å². The first-order valence-electron chi connectivity index (χ1n) is 12.3. The Morgan fingerprint density at radius 1 is 1.22 bits per heavy atom. The molecular formula is C27H31BrN4O4. The number of aromatic nitrogens is 2. The lowest BCUT2D eigenvalue weighted by Gasteiger charge is -2.39. The van der Waals surface area contributed by atoms with Crippen molar-refractivity contribution in [3.63, 3.8) is 0 Å². The molecule has 3 aromatic rings. The van der Waals surface area contributed by atoms with Crippen molar-refractivity contribution in [3.8, 4) is 22.9 Å². The summed E-state index contributed by atoms with van der Waals surface area (Å²) in [6, 6.07) is 13.5. The number of methoxy groups -OCH3 is 1. The number of nitrogens with one attached hydrogen (secondary N) is 1. The van der Waals surface area contributed by atoms with Gasteiger partial charge in [-0.25, -0.2) is 0 Å². The molecule has 9 heteroatoms. The highest BCUT2D eigenvalue weighted by Gasteiger charge is 2.36. The maximum Gasteiger partial charge on any atom is 0.241 e. The molecule has 2 aliphatic heterocycles. The number of nitrogens with zero attached hydrogens (tertiary/aromatic N) is 3. The van der Waals surface area contributed by atoms with Crippen LogP contribution < -0.4 is 14.8 Å². The maximum absolute atomic E-state index is 13.2. The minimum atomic E-state index is -0.359. The van der Waals surface area contributed by atoms with Crippen LogP contribution in [0.1, 0.15) is 50.6 Å². The first-order valence-corrected chi connectivity index (χ1v) is 13.1. The van der Waals surface area contributed by atoms with Crippen LogP contribution >= 0.6 is 15.9 Å². The Kier molecular flexibility index (Phi) is 7.03. The molecule has 0 spiro atoms. The van der Waals surface area contributed by atoms with Gasteiger partial charge in [-0.15, -0.1) is 0 Å². The van der Waals surface area contributed by atoms with Crippen molar-refractivity contribution in [1.29, 1.82) is 0 Å². The smallest absolute Gasteiger partial charge is 0.241 e. The SMILES string of the molecule is COc1ccc2c(c1)C(NC(=O)C1CCN(Cc3nc(-c4cccc(Br)c4)no3)CC1)CC(C)(C)O2. The normalized spacial score (nSPS) is 19.8. The van der Waals surface area contributed by atoms with Crippen molar-refractivity contribution in [3.05, 3.63) is 58.4 Å². The van der Waals surface area contributed by atoms with Gasteiger partial charge in [-0.3, -0.25) is 9.69 Å². The van der Waals surface area contributed by atoms with Crippen molar-refractivity contribution in [2.45, 2.75) is 51.3 Å². The third-order valence-electron chi connectivity index (χ3n) is 6.86. The molecule has 0 saturated carbocycles. The van der Waals surface area contributed by atoms with Gasteiger partial charge < -0.3 is 19.3 Å². The Morgan fingerprint density at radius 3 is 2.78 bits per heavy atom. The summed E-state index contributed by atoms with van der Waals surface area (Å²) in [5, 5.41) is 7.43. The third kappa shape index (κ3) is 5.57. The second kappa shape index (κ2) is 10.2. The standard InChI is InChI=1S/C27H31BrN4O4/c1-27(2)15-22(21-14-20(34-3)7-8-23(21)35-27)29-26(33)17-9-11-32(12-10-17)16-24-30-25(31-36-24)18-5-4-6-19(28)13-18/h4-8,13-14,17,22H,9-12,15-16H2,1-3H3,(H,29,33). The van der Waals surface area contributed by atoms with Gasteiger partial charge in [-0.1, -0.05) is 33.2 Å². The van der Waals surface area contributed by atoms with Crippen molar-refractivity contribution < 1.29 is 18.8 Å². The zero-order valence-corrected chi connectivity index (χ0v) is 22.4. The second-order valence-corrected chi connectivity index (χ2v) is 11.0. The molecule has 1 amide bonds. The fourth-order valence-electron chi connectivity index (χ4n) is 4.99. The van der Waals surface area contributed by atoms with Crippen LogP contribution in [-0.2, 0) is 11.3 Å². The van der Waals surface area contributed by atoms with Crippen LogP contribution in [0.2, 0.25) is 0 Å². The fourth-order valence-corrected chi connectivity index (χ4v) is 5.39. The number of likely N-dealkylation sites (tertiary alicyclic amines) is 1. The van der Waals surface area contributed by atoms with E-state index in [0.29, 0.717) is 24.7 Å². The average molecular weight is 555 g/mol. The van der Waals surface area contributed by atoms with Crippen molar-refractivity contribution >= 4 is 21.8 Å². The molecule has 5 rings (SSSR count). The van der Waals surface area contributed by atoms with E-state index in [2.05, 4.69) is 50.1 Å². The van der Waals surface area contributed by atoms with Gasteiger partial charge in [-0.05, 0) is 70.1 Å². The fraction of sp³-hybridized carbons (Fsp3) is 0.444. The molecule has 1 aromatic heterocycles. The molecule has 8 nitrogen and oxygen atoms in total. The quantitative estimate of drug-likeness (QED) is 0.451. The van der Waals surface area contributed by atoms with Gasteiger partial charge in [-0.2, -0.15) is 4.98 Å². The molecule has 1 unspecified atom stereocenters. The highest BCUT2D eigenvalue weighted by Crippen LogP contribution is 2.41. The van der Waals surface area contributed by atoms with E-state index in [4.69, 9.17) is 14.0 Å².